The van der Waals surface area contributed by atoms with Gasteiger partial charge in [0, 0.05) is 31.2 Å². The quantitative estimate of drug-likeness (QED) is 0.151. The Morgan fingerprint density at radius 2 is 1.16 bits per heavy atom. The average molecular weight is 668 g/mol. The third-order valence-corrected chi connectivity index (χ3v) is 9.48. The smallest absolute Gasteiger partial charge is 0.305 e. The van der Waals surface area contributed by atoms with Crippen LogP contribution in [0, 0.1) is 13.8 Å². The van der Waals surface area contributed by atoms with Gasteiger partial charge < -0.3 is 9.84 Å². The van der Waals surface area contributed by atoms with Crippen LogP contribution in [0.3, 0.4) is 0 Å². The van der Waals surface area contributed by atoms with Crippen LogP contribution in [-0.2, 0) is 14.3 Å². The second kappa shape index (κ2) is 12.9. The van der Waals surface area contributed by atoms with E-state index in [1.54, 1.807) is 0 Å². The first-order chi connectivity index (χ1) is 17.5. The third kappa shape index (κ3) is 7.80. The number of ether oxygens (including phenoxy) is 1. The Labute approximate surface area is 238 Å². The largest absolute Gasteiger partial charge is 0.481 e. The second-order valence-electron chi connectivity index (χ2n) is 8.32. The van der Waals surface area contributed by atoms with E-state index in [-0.39, 0.29) is 43.2 Å². The summed E-state index contributed by atoms with van der Waals surface area (Å²) in [6.45, 7) is 4.01. The predicted molar refractivity (Wildman–Crippen MR) is 155 cm³/mol. The molecule has 0 aliphatic carbocycles. The van der Waals surface area contributed by atoms with Crippen molar-refractivity contribution in [2.24, 2.45) is 0 Å². The van der Waals surface area contributed by atoms with Gasteiger partial charge in [-0.05, 0) is 72.1 Å². The number of hydrogen-bond donors (Lipinski definition) is 1. The molecule has 0 bridgehead atoms. The molecule has 0 saturated carbocycles. The first kappa shape index (κ1) is 29.2. The molecule has 4 aromatic rings. The summed E-state index contributed by atoms with van der Waals surface area (Å²) in [6, 6.07) is 11.8. The monoisotopic (exact) mass is 666 g/mol. The fraction of sp³-hybridized carbons (Fsp3) is 0.259. The Bertz CT molecular complexity index is 1420. The van der Waals surface area contributed by atoms with Crippen molar-refractivity contribution in [2.45, 2.75) is 39.5 Å². The fourth-order valence-corrected chi connectivity index (χ4v) is 6.32. The maximum Gasteiger partial charge on any atom is 0.305 e. The number of fused-ring (bicyclic) bond motifs is 2. The molecule has 0 amide bonds. The van der Waals surface area contributed by atoms with E-state index in [1.807, 2.05) is 44.2 Å². The summed E-state index contributed by atoms with van der Waals surface area (Å²) in [5, 5.41) is 10.6. The number of esters is 1. The van der Waals surface area contributed by atoms with Crippen molar-refractivity contribution in [2.75, 3.05) is 7.11 Å². The number of thiophene rings is 2. The fourth-order valence-electron chi connectivity index (χ4n) is 3.38. The number of carbonyl (C=O) groups is 4. The van der Waals surface area contributed by atoms with Crippen molar-refractivity contribution in [1.82, 2.24) is 0 Å². The van der Waals surface area contributed by atoms with Crippen LogP contribution in [0.1, 0.15) is 56.2 Å². The van der Waals surface area contributed by atoms with Crippen LogP contribution < -0.4 is 0 Å². The molecule has 194 valence electrons. The van der Waals surface area contributed by atoms with Gasteiger partial charge in [-0.1, -0.05) is 31.9 Å². The highest BCUT2D eigenvalue weighted by atomic mass is 79.9. The maximum absolute atomic E-state index is 12.0. The summed E-state index contributed by atoms with van der Waals surface area (Å²) in [7, 11) is 1.33. The number of halogens is 2. The predicted octanol–water partition coefficient (Wildman–Crippen LogP) is 8.13. The minimum atomic E-state index is -0.942. The zero-order valence-electron chi connectivity index (χ0n) is 20.4. The lowest BCUT2D eigenvalue weighted by Crippen LogP contribution is -2.04. The molecule has 1 N–H and O–H groups in total. The van der Waals surface area contributed by atoms with E-state index in [9.17, 15) is 19.2 Å². The lowest BCUT2D eigenvalue weighted by Gasteiger charge is -1.96. The number of ketones is 2. The molecule has 0 unspecified atom stereocenters. The van der Waals surface area contributed by atoms with Gasteiger partial charge in [0.2, 0.25) is 0 Å². The summed E-state index contributed by atoms with van der Waals surface area (Å²) < 4.78 is 8.71. The minimum Gasteiger partial charge on any atom is -0.481 e. The second-order valence-corrected chi connectivity index (χ2v) is 12.2. The van der Waals surface area contributed by atoms with E-state index < -0.39 is 5.97 Å². The van der Waals surface area contributed by atoms with Gasteiger partial charge in [0.25, 0.3) is 0 Å². The van der Waals surface area contributed by atoms with Crippen LogP contribution in [0.25, 0.3) is 20.2 Å². The summed E-state index contributed by atoms with van der Waals surface area (Å²) in [6.07, 6.45) is 0.268. The number of Topliss-reactive ketones (excluding diaryl/α,β-unsaturated/α-hetero) is 2. The number of carbonyl (C=O) groups excluding carboxylic acids is 3. The van der Waals surface area contributed by atoms with Crippen LogP contribution >= 0.6 is 54.5 Å². The standard InChI is InChI=1S/C14H13BrO3S.C13H11BrO3S/c1-8-5-12-9(6-10(8)15)7-13(19-12)11(16)3-4-14(17)18-2;1-7-4-11-8(5-9(7)14)6-12(18-11)10(15)2-3-13(16)17/h5-7H,3-4H2,1-2H3;4-6H,2-3H2,1H3,(H,16,17). The molecule has 2 aromatic carbocycles. The van der Waals surface area contributed by atoms with E-state index in [0.29, 0.717) is 9.75 Å². The van der Waals surface area contributed by atoms with E-state index in [4.69, 9.17) is 5.11 Å². The SMILES string of the molecule is COC(=O)CCC(=O)c1cc2cc(Br)c(C)cc2s1.Cc1cc2sc(C(=O)CCC(=O)O)cc2cc1Br. The third-order valence-electron chi connectivity index (χ3n) is 5.49. The molecule has 2 heterocycles. The maximum atomic E-state index is 12.0. The number of aliphatic carboxylic acids is 1. The number of hydrogen-bond acceptors (Lipinski definition) is 7. The number of carboxylic acid groups (broad SMARTS) is 1. The van der Waals surface area contributed by atoms with Crippen LogP contribution in [0.5, 0.6) is 0 Å². The van der Waals surface area contributed by atoms with Crippen LogP contribution in [0.2, 0.25) is 0 Å². The first-order valence-electron chi connectivity index (χ1n) is 11.2. The minimum absolute atomic E-state index is 0.0135. The molecule has 37 heavy (non-hydrogen) atoms. The molecular formula is C27H24Br2O6S2. The van der Waals surface area contributed by atoms with Gasteiger partial charge in [-0.25, -0.2) is 0 Å². The molecule has 6 nitrogen and oxygen atoms in total. The molecule has 0 saturated heterocycles. The topological polar surface area (TPSA) is 97.7 Å². The van der Waals surface area contributed by atoms with Gasteiger partial charge in [0.05, 0.1) is 29.7 Å². The van der Waals surface area contributed by atoms with Crippen LogP contribution in [-0.4, -0.2) is 35.7 Å². The van der Waals surface area contributed by atoms with Crippen molar-refractivity contribution < 1.29 is 29.0 Å². The van der Waals surface area contributed by atoms with Gasteiger partial charge >= 0.3 is 11.9 Å². The van der Waals surface area contributed by atoms with E-state index in [1.165, 1.54) is 29.8 Å². The van der Waals surface area contributed by atoms with E-state index in [0.717, 1.165) is 40.2 Å². The van der Waals surface area contributed by atoms with Crippen molar-refractivity contribution in [3.63, 3.8) is 0 Å². The van der Waals surface area contributed by atoms with Crippen molar-refractivity contribution >= 4 is 98.2 Å². The number of benzene rings is 2. The zero-order chi connectivity index (χ0) is 27.3. The summed E-state index contributed by atoms with van der Waals surface area (Å²) >= 11 is 9.82. The van der Waals surface area contributed by atoms with Gasteiger partial charge in [-0.3, -0.25) is 19.2 Å². The Hall–Kier alpha value is -2.40. The molecule has 0 aliphatic rings. The van der Waals surface area contributed by atoms with Crippen molar-refractivity contribution in [3.8, 4) is 0 Å². The Morgan fingerprint density at radius 1 is 0.730 bits per heavy atom. The van der Waals surface area contributed by atoms with Crippen LogP contribution in [0.4, 0.5) is 0 Å². The summed E-state index contributed by atoms with van der Waals surface area (Å²) in [5.74, 6) is -1.41. The molecule has 2 aromatic heterocycles. The molecule has 0 radical (unpaired) electrons. The van der Waals surface area contributed by atoms with Gasteiger partial charge in [-0.15, -0.1) is 22.7 Å². The Morgan fingerprint density at radius 3 is 1.57 bits per heavy atom. The first-order valence-corrected chi connectivity index (χ1v) is 14.4. The van der Waals surface area contributed by atoms with E-state index in [2.05, 4.69) is 42.7 Å². The van der Waals surface area contributed by atoms with Gasteiger partial charge in [-0.2, -0.15) is 0 Å². The highest BCUT2D eigenvalue weighted by Crippen LogP contribution is 2.32. The Balaban J connectivity index is 0.000000206. The summed E-state index contributed by atoms with van der Waals surface area (Å²) in [5.41, 5.74) is 2.26. The van der Waals surface area contributed by atoms with Crippen molar-refractivity contribution in [3.05, 3.63) is 66.2 Å². The molecular weight excluding hydrogens is 644 g/mol. The van der Waals surface area contributed by atoms with Crippen molar-refractivity contribution in [1.29, 1.82) is 0 Å². The number of rotatable bonds is 8. The molecule has 4 rings (SSSR count). The molecule has 0 atom stereocenters. The van der Waals surface area contributed by atoms with Crippen LogP contribution in [0.15, 0.2) is 45.3 Å². The summed E-state index contributed by atoms with van der Waals surface area (Å²) in [4.78, 5) is 46.6. The molecule has 10 heteroatoms. The molecule has 0 spiro atoms. The highest BCUT2D eigenvalue weighted by molar-refractivity contribution is 9.10. The van der Waals surface area contributed by atoms with Gasteiger partial charge in [0.15, 0.2) is 11.6 Å². The average Bonchev–Trinajstić information content (AvgIpc) is 3.45. The zero-order valence-corrected chi connectivity index (χ0v) is 25.2. The Kier molecular flexibility index (Phi) is 10.2. The number of carboxylic acids is 1. The van der Waals surface area contributed by atoms with E-state index >= 15 is 0 Å². The lowest BCUT2D eigenvalue weighted by atomic mass is 10.1. The molecule has 0 aliphatic heterocycles. The number of aryl methyl sites for hydroxylation is 2. The highest BCUT2D eigenvalue weighted by Gasteiger charge is 2.14. The number of methoxy groups -OCH3 is 1. The lowest BCUT2D eigenvalue weighted by molar-refractivity contribution is -0.140. The molecule has 0 fully saturated rings. The normalized spacial score (nSPS) is 10.7. The van der Waals surface area contributed by atoms with Gasteiger partial charge in [0.1, 0.15) is 0 Å².